The van der Waals surface area contributed by atoms with Gasteiger partial charge in [0.2, 0.25) is 0 Å². The van der Waals surface area contributed by atoms with E-state index in [0.29, 0.717) is 5.92 Å². The van der Waals surface area contributed by atoms with Crippen molar-refractivity contribution in [2.45, 2.75) is 12.8 Å². The number of rotatable bonds is 4. The minimum absolute atomic E-state index is 0.158. The zero-order valence-electron chi connectivity index (χ0n) is 8.39. The Morgan fingerprint density at radius 1 is 1.33 bits per heavy atom. The van der Waals surface area contributed by atoms with Crippen LogP contribution in [0.25, 0.3) is 0 Å². The van der Waals surface area contributed by atoms with Gasteiger partial charge in [0.25, 0.3) is 5.69 Å². The van der Waals surface area contributed by atoms with Crippen LogP contribution >= 0.6 is 0 Å². The first-order valence-corrected chi connectivity index (χ1v) is 5.07. The van der Waals surface area contributed by atoms with Gasteiger partial charge in [-0.1, -0.05) is 12.1 Å². The number of nitro benzene ring substituents is 1. The van der Waals surface area contributed by atoms with Gasteiger partial charge in [-0.2, -0.15) is 0 Å². The smallest absolute Gasteiger partial charge is 0.269 e. The van der Waals surface area contributed by atoms with Gasteiger partial charge in [0.1, 0.15) is 0 Å². The fraction of sp³-hybridized carbons (Fsp3) is 0.455. The fourth-order valence-corrected chi connectivity index (χ4v) is 1.61. The number of benzene rings is 1. The van der Waals surface area contributed by atoms with Gasteiger partial charge in [-0.25, -0.2) is 0 Å². The molecule has 1 aromatic carbocycles. The van der Waals surface area contributed by atoms with Gasteiger partial charge in [0, 0.05) is 18.1 Å². The van der Waals surface area contributed by atoms with Gasteiger partial charge in [-0.05, 0) is 18.4 Å². The Morgan fingerprint density at radius 2 is 2.00 bits per heavy atom. The average Bonchev–Trinajstić information content (AvgIpc) is 2.16. The maximum Gasteiger partial charge on any atom is 0.269 e. The van der Waals surface area contributed by atoms with E-state index in [1.807, 2.05) is 12.1 Å². The van der Waals surface area contributed by atoms with Crippen molar-refractivity contribution in [1.82, 2.24) is 0 Å². The van der Waals surface area contributed by atoms with Crippen LogP contribution in [0, 0.1) is 16.0 Å². The van der Waals surface area contributed by atoms with Crippen molar-refractivity contribution < 1.29 is 9.66 Å². The Bertz CT molecular complexity index is 343. The Labute approximate surface area is 88.0 Å². The summed E-state index contributed by atoms with van der Waals surface area (Å²) in [6, 6.07) is 6.79. The van der Waals surface area contributed by atoms with E-state index in [-0.39, 0.29) is 10.6 Å². The monoisotopic (exact) mass is 207 g/mol. The van der Waals surface area contributed by atoms with Crippen molar-refractivity contribution in [1.29, 1.82) is 0 Å². The summed E-state index contributed by atoms with van der Waals surface area (Å²) in [5.74, 6) is 0.681. The van der Waals surface area contributed by atoms with Crippen molar-refractivity contribution >= 4 is 5.69 Å². The van der Waals surface area contributed by atoms with Crippen LogP contribution in [-0.2, 0) is 11.2 Å². The molecule has 0 aliphatic carbocycles. The number of nitro groups is 1. The number of hydrogen-bond acceptors (Lipinski definition) is 3. The predicted molar refractivity (Wildman–Crippen MR) is 55.7 cm³/mol. The van der Waals surface area contributed by atoms with Gasteiger partial charge in [0.05, 0.1) is 18.1 Å². The van der Waals surface area contributed by atoms with Crippen LogP contribution in [0.2, 0.25) is 0 Å². The minimum Gasteiger partial charge on any atom is -0.381 e. The summed E-state index contributed by atoms with van der Waals surface area (Å²) in [6.07, 6.45) is 2.09. The summed E-state index contributed by atoms with van der Waals surface area (Å²) >= 11 is 0. The highest BCUT2D eigenvalue weighted by Gasteiger charge is 2.17. The normalized spacial score (nSPS) is 16.0. The van der Waals surface area contributed by atoms with Crippen LogP contribution in [0.5, 0.6) is 0 Å². The number of nitrogens with zero attached hydrogens (tertiary/aromatic N) is 1. The molecule has 80 valence electrons. The lowest BCUT2D eigenvalue weighted by atomic mass is 9.98. The van der Waals surface area contributed by atoms with Crippen LogP contribution in [0.15, 0.2) is 24.3 Å². The molecule has 0 aromatic heterocycles. The first kappa shape index (κ1) is 10.1. The Hall–Kier alpha value is -1.42. The van der Waals surface area contributed by atoms with E-state index in [9.17, 15) is 10.1 Å². The molecular weight excluding hydrogens is 194 g/mol. The van der Waals surface area contributed by atoms with Crippen molar-refractivity contribution in [2.24, 2.45) is 5.92 Å². The number of hydrogen-bond donors (Lipinski definition) is 0. The Kier molecular flexibility index (Phi) is 2.97. The van der Waals surface area contributed by atoms with Crippen molar-refractivity contribution in [3.63, 3.8) is 0 Å². The largest absolute Gasteiger partial charge is 0.381 e. The van der Waals surface area contributed by atoms with E-state index in [1.54, 1.807) is 12.1 Å². The second-order valence-electron chi connectivity index (χ2n) is 3.87. The summed E-state index contributed by atoms with van der Waals surface area (Å²) < 4.78 is 5.08. The summed E-state index contributed by atoms with van der Waals surface area (Å²) in [5, 5.41) is 10.4. The van der Waals surface area contributed by atoms with E-state index in [2.05, 4.69) is 0 Å². The molecule has 0 unspecified atom stereocenters. The number of non-ortho nitro benzene ring substituents is 1. The fourth-order valence-electron chi connectivity index (χ4n) is 1.61. The third kappa shape index (κ3) is 2.53. The minimum atomic E-state index is -0.371. The highest BCUT2D eigenvalue weighted by molar-refractivity contribution is 5.32. The average molecular weight is 207 g/mol. The van der Waals surface area contributed by atoms with Crippen LogP contribution in [0.4, 0.5) is 5.69 Å². The molecule has 4 nitrogen and oxygen atoms in total. The zero-order valence-corrected chi connectivity index (χ0v) is 8.39. The molecule has 15 heavy (non-hydrogen) atoms. The van der Waals surface area contributed by atoms with Crippen molar-refractivity contribution in [2.75, 3.05) is 13.2 Å². The van der Waals surface area contributed by atoms with Gasteiger partial charge >= 0.3 is 0 Å². The van der Waals surface area contributed by atoms with Crippen molar-refractivity contribution in [3.8, 4) is 0 Å². The molecule has 1 aromatic rings. The summed E-state index contributed by atoms with van der Waals surface area (Å²) in [4.78, 5) is 10.1. The molecule has 0 spiro atoms. The van der Waals surface area contributed by atoms with Gasteiger partial charge in [0.15, 0.2) is 0 Å². The van der Waals surface area contributed by atoms with E-state index < -0.39 is 0 Å². The first-order chi connectivity index (χ1) is 7.25. The van der Waals surface area contributed by atoms with Crippen molar-refractivity contribution in [3.05, 3.63) is 39.9 Å². The van der Waals surface area contributed by atoms with E-state index >= 15 is 0 Å². The molecule has 0 N–H and O–H groups in total. The highest BCUT2D eigenvalue weighted by Crippen LogP contribution is 2.19. The van der Waals surface area contributed by atoms with Crippen LogP contribution in [-0.4, -0.2) is 18.1 Å². The molecule has 1 aliphatic heterocycles. The van der Waals surface area contributed by atoms with E-state index in [0.717, 1.165) is 31.6 Å². The van der Waals surface area contributed by atoms with Crippen LogP contribution < -0.4 is 0 Å². The summed E-state index contributed by atoms with van der Waals surface area (Å²) in [5.41, 5.74) is 1.32. The second-order valence-corrected chi connectivity index (χ2v) is 3.87. The molecule has 0 atom stereocenters. The zero-order chi connectivity index (χ0) is 10.7. The first-order valence-electron chi connectivity index (χ1n) is 5.07. The molecule has 1 fully saturated rings. The quantitative estimate of drug-likeness (QED) is 0.561. The molecule has 0 radical (unpaired) electrons. The van der Waals surface area contributed by atoms with Crippen LogP contribution in [0.3, 0.4) is 0 Å². The maximum atomic E-state index is 10.4. The number of aryl methyl sites for hydroxylation is 1. The van der Waals surface area contributed by atoms with E-state index in [1.165, 1.54) is 0 Å². The highest BCUT2D eigenvalue weighted by atomic mass is 16.6. The third-order valence-electron chi connectivity index (χ3n) is 2.70. The second kappa shape index (κ2) is 4.40. The summed E-state index contributed by atoms with van der Waals surface area (Å²) in [7, 11) is 0. The SMILES string of the molecule is O=[N+]([O-])c1ccc(CCC2COC2)cc1. The molecule has 1 aliphatic rings. The van der Waals surface area contributed by atoms with E-state index in [4.69, 9.17) is 4.74 Å². The predicted octanol–water partition coefficient (Wildman–Crippen LogP) is 2.17. The Balaban J connectivity index is 1.88. The lowest BCUT2D eigenvalue weighted by Crippen LogP contribution is -2.27. The molecule has 4 heteroatoms. The lowest BCUT2D eigenvalue weighted by Gasteiger charge is -2.25. The molecule has 1 heterocycles. The third-order valence-corrected chi connectivity index (χ3v) is 2.70. The number of ether oxygens (including phenoxy) is 1. The molecule has 0 bridgehead atoms. The molecule has 2 rings (SSSR count). The molecule has 0 saturated carbocycles. The maximum absolute atomic E-state index is 10.4. The standard InChI is InChI=1S/C11H13NO3/c13-12(14)11-5-3-9(4-6-11)1-2-10-7-15-8-10/h3-6,10H,1-2,7-8H2. The van der Waals surface area contributed by atoms with Crippen LogP contribution in [0.1, 0.15) is 12.0 Å². The van der Waals surface area contributed by atoms with Gasteiger partial charge < -0.3 is 4.74 Å². The van der Waals surface area contributed by atoms with Gasteiger partial charge in [-0.3, -0.25) is 10.1 Å². The topological polar surface area (TPSA) is 52.4 Å². The Morgan fingerprint density at radius 3 is 2.47 bits per heavy atom. The summed E-state index contributed by atoms with van der Waals surface area (Å²) in [6.45, 7) is 1.74. The molecular formula is C11H13NO3. The lowest BCUT2D eigenvalue weighted by molar-refractivity contribution is -0.384. The molecule has 0 amide bonds. The van der Waals surface area contributed by atoms with Gasteiger partial charge in [-0.15, -0.1) is 0 Å². The molecule has 1 saturated heterocycles.